The van der Waals surface area contributed by atoms with Crippen LogP contribution in [0.2, 0.25) is 0 Å². The monoisotopic (exact) mass is 482 g/mol. The lowest BCUT2D eigenvalue weighted by Gasteiger charge is -2.24. The van der Waals surface area contributed by atoms with E-state index in [1.54, 1.807) is 36.4 Å². The fourth-order valence-corrected chi connectivity index (χ4v) is 4.33. The van der Waals surface area contributed by atoms with E-state index in [4.69, 9.17) is 9.47 Å². The number of benzene rings is 3. The Morgan fingerprint density at radius 3 is 2.38 bits per heavy atom. The Hall–Kier alpha value is -3.52. The molecule has 3 rings (SSSR count). The van der Waals surface area contributed by atoms with Gasteiger partial charge in [0, 0.05) is 13.0 Å². The Morgan fingerprint density at radius 2 is 1.65 bits per heavy atom. The van der Waals surface area contributed by atoms with Crippen LogP contribution in [0.1, 0.15) is 18.4 Å². The molecule has 0 radical (unpaired) electrons. The highest BCUT2D eigenvalue weighted by Gasteiger charge is 2.21. The number of rotatable bonds is 12. The summed E-state index contributed by atoms with van der Waals surface area (Å²) in [7, 11) is -3.58. The molecule has 7 nitrogen and oxygen atoms in total. The normalized spacial score (nSPS) is 11.0. The number of hydrogen-bond donors (Lipinski definition) is 1. The number of ether oxygens (including phenoxy) is 2. The molecule has 3 aromatic rings. The van der Waals surface area contributed by atoms with Gasteiger partial charge in [0.2, 0.25) is 15.9 Å². The average molecular weight is 483 g/mol. The predicted molar refractivity (Wildman–Crippen MR) is 134 cm³/mol. The lowest BCUT2D eigenvalue weighted by atomic mass is 10.2. The van der Waals surface area contributed by atoms with Crippen LogP contribution >= 0.6 is 0 Å². The molecule has 0 aliphatic rings. The van der Waals surface area contributed by atoms with E-state index in [1.165, 1.54) is 4.31 Å². The van der Waals surface area contributed by atoms with Gasteiger partial charge in [-0.3, -0.25) is 9.10 Å². The number of aryl methyl sites for hydroxylation is 1. The summed E-state index contributed by atoms with van der Waals surface area (Å²) in [5.41, 5.74) is 1.54. The average Bonchev–Trinajstić information content (AvgIpc) is 2.80. The minimum absolute atomic E-state index is 0.154. The van der Waals surface area contributed by atoms with Gasteiger partial charge in [-0.2, -0.15) is 0 Å². The first-order valence-corrected chi connectivity index (χ1v) is 12.9. The molecule has 34 heavy (non-hydrogen) atoms. The molecule has 3 aromatic carbocycles. The molecule has 0 aliphatic heterocycles. The van der Waals surface area contributed by atoms with Crippen LogP contribution < -0.4 is 19.1 Å². The van der Waals surface area contributed by atoms with Gasteiger partial charge in [-0.25, -0.2) is 8.42 Å². The van der Waals surface area contributed by atoms with Crippen molar-refractivity contribution in [3.63, 3.8) is 0 Å². The van der Waals surface area contributed by atoms with Crippen LogP contribution in [0.4, 0.5) is 5.69 Å². The van der Waals surface area contributed by atoms with Gasteiger partial charge in [0.25, 0.3) is 0 Å². The summed E-state index contributed by atoms with van der Waals surface area (Å²) in [6, 6.07) is 23.8. The van der Waals surface area contributed by atoms with Gasteiger partial charge in [-0.15, -0.1) is 0 Å². The van der Waals surface area contributed by atoms with Crippen LogP contribution in [0.25, 0.3) is 0 Å². The Labute approximate surface area is 201 Å². The highest BCUT2D eigenvalue weighted by atomic mass is 32.2. The van der Waals surface area contributed by atoms with Crippen molar-refractivity contribution in [3.05, 3.63) is 84.4 Å². The van der Waals surface area contributed by atoms with Crippen molar-refractivity contribution in [2.45, 2.75) is 19.8 Å². The summed E-state index contributed by atoms with van der Waals surface area (Å²) >= 11 is 0. The number of carbonyl (C=O) groups excluding carboxylic acids is 1. The Bertz CT molecular complexity index is 1180. The maximum Gasteiger partial charge on any atom is 0.232 e. The minimum Gasteiger partial charge on any atom is -0.492 e. The molecule has 0 fully saturated rings. The minimum atomic E-state index is -3.58. The zero-order valence-corrected chi connectivity index (χ0v) is 20.3. The number of carbonyl (C=O) groups is 1. The lowest BCUT2D eigenvalue weighted by Crippen LogP contribution is -2.33. The Morgan fingerprint density at radius 1 is 0.941 bits per heavy atom. The molecule has 0 bridgehead atoms. The van der Waals surface area contributed by atoms with Crippen LogP contribution in [-0.4, -0.2) is 40.3 Å². The number of nitrogens with zero attached hydrogens (tertiary/aromatic N) is 1. The van der Waals surface area contributed by atoms with E-state index in [1.807, 2.05) is 49.4 Å². The molecular weight excluding hydrogens is 452 g/mol. The second-order valence-electron chi connectivity index (χ2n) is 7.84. The number of hydrogen-bond acceptors (Lipinski definition) is 5. The first-order chi connectivity index (χ1) is 16.3. The van der Waals surface area contributed by atoms with Gasteiger partial charge in [0.15, 0.2) is 5.75 Å². The van der Waals surface area contributed by atoms with Crippen LogP contribution in [-0.2, 0) is 14.8 Å². The molecule has 1 amide bonds. The molecule has 0 heterocycles. The lowest BCUT2D eigenvalue weighted by molar-refractivity contribution is -0.121. The molecule has 0 unspecified atom stereocenters. The van der Waals surface area contributed by atoms with Crippen molar-refractivity contribution in [1.29, 1.82) is 0 Å². The molecule has 0 saturated carbocycles. The molecule has 0 saturated heterocycles. The number of anilines is 1. The molecule has 8 heteroatoms. The Balaban J connectivity index is 1.53. The van der Waals surface area contributed by atoms with Crippen molar-refractivity contribution < 1.29 is 22.7 Å². The third-order valence-electron chi connectivity index (χ3n) is 4.95. The summed E-state index contributed by atoms with van der Waals surface area (Å²) < 4.78 is 37.9. The number of amides is 1. The van der Waals surface area contributed by atoms with E-state index in [-0.39, 0.29) is 18.9 Å². The molecular formula is C26H30N2O5S. The molecule has 0 spiro atoms. The second kappa shape index (κ2) is 12.1. The molecule has 1 N–H and O–H groups in total. The van der Waals surface area contributed by atoms with Gasteiger partial charge in [0.1, 0.15) is 18.1 Å². The third kappa shape index (κ3) is 7.81. The summed E-state index contributed by atoms with van der Waals surface area (Å²) in [5, 5.41) is 2.81. The first kappa shape index (κ1) is 25.1. The quantitative estimate of drug-likeness (QED) is 0.384. The second-order valence-corrected chi connectivity index (χ2v) is 9.74. The van der Waals surface area contributed by atoms with Crippen LogP contribution in [0.15, 0.2) is 78.9 Å². The van der Waals surface area contributed by atoms with Crippen molar-refractivity contribution in [1.82, 2.24) is 5.32 Å². The fraction of sp³-hybridized carbons (Fsp3) is 0.269. The number of nitrogens with one attached hydrogen (secondary N) is 1. The van der Waals surface area contributed by atoms with Gasteiger partial charge >= 0.3 is 0 Å². The largest absolute Gasteiger partial charge is 0.492 e. The highest BCUT2D eigenvalue weighted by Crippen LogP contribution is 2.33. The molecule has 0 aliphatic carbocycles. The topological polar surface area (TPSA) is 84.9 Å². The summed E-state index contributed by atoms with van der Waals surface area (Å²) in [4.78, 5) is 12.2. The van der Waals surface area contributed by atoms with E-state index in [9.17, 15) is 13.2 Å². The smallest absolute Gasteiger partial charge is 0.232 e. The van der Waals surface area contributed by atoms with E-state index < -0.39 is 10.0 Å². The molecule has 0 aromatic heterocycles. The van der Waals surface area contributed by atoms with Crippen molar-refractivity contribution in [2.24, 2.45) is 0 Å². The van der Waals surface area contributed by atoms with Crippen molar-refractivity contribution >= 4 is 21.6 Å². The number of sulfonamides is 1. The maximum atomic E-state index is 12.5. The van der Waals surface area contributed by atoms with E-state index >= 15 is 0 Å². The van der Waals surface area contributed by atoms with E-state index in [0.29, 0.717) is 36.8 Å². The van der Waals surface area contributed by atoms with Crippen LogP contribution in [0.3, 0.4) is 0 Å². The summed E-state index contributed by atoms with van der Waals surface area (Å²) in [6.07, 6.45) is 1.70. The Kier molecular flexibility index (Phi) is 8.93. The van der Waals surface area contributed by atoms with Gasteiger partial charge in [0.05, 0.1) is 18.5 Å². The zero-order chi connectivity index (χ0) is 24.4. The van der Waals surface area contributed by atoms with Gasteiger partial charge < -0.3 is 14.8 Å². The van der Waals surface area contributed by atoms with Crippen LogP contribution in [0.5, 0.6) is 17.2 Å². The van der Waals surface area contributed by atoms with E-state index in [2.05, 4.69) is 5.32 Å². The standard InChI is InChI=1S/C26H30N2O5S/c1-21-10-8-13-23(20-21)32-19-17-27-26(29)16-9-18-28(34(2,30)31)24-14-6-7-15-25(24)33-22-11-4-3-5-12-22/h3-8,10-15,20H,9,16-19H2,1-2H3,(H,27,29). The zero-order valence-electron chi connectivity index (χ0n) is 19.4. The number of para-hydroxylation sites is 3. The SMILES string of the molecule is Cc1cccc(OCCNC(=O)CCCN(c2ccccc2Oc2ccccc2)S(C)(=O)=O)c1. The van der Waals surface area contributed by atoms with Gasteiger partial charge in [-0.05, 0) is 55.3 Å². The summed E-state index contributed by atoms with van der Waals surface area (Å²) in [5.74, 6) is 1.64. The van der Waals surface area contributed by atoms with Crippen molar-refractivity contribution in [3.8, 4) is 17.2 Å². The molecule has 0 atom stereocenters. The fourth-order valence-electron chi connectivity index (χ4n) is 3.37. The third-order valence-corrected chi connectivity index (χ3v) is 6.13. The van der Waals surface area contributed by atoms with Gasteiger partial charge in [-0.1, -0.05) is 42.5 Å². The highest BCUT2D eigenvalue weighted by molar-refractivity contribution is 7.92. The predicted octanol–water partition coefficient (Wildman–Crippen LogP) is 4.53. The van der Waals surface area contributed by atoms with Crippen LogP contribution in [0, 0.1) is 6.92 Å². The summed E-state index contributed by atoms with van der Waals surface area (Å²) in [6.45, 7) is 2.87. The van der Waals surface area contributed by atoms with E-state index in [0.717, 1.165) is 17.6 Å². The molecule has 180 valence electrons. The van der Waals surface area contributed by atoms with Crippen molar-refractivity contribution in [2.75, 3.05) is 30.3 Å². The maximum absolute atomic E-state index is 12.5. The first-order valence-electron chi connectivity index (χ1n) is 11.1.